The number of hydrogen-bond donors (Lipinski definition) is 0. The molecule has 9 rings (SSSR count). The van der Waals surface area contributed by atoms with E-state index in [4.69, 9.17) is 107 Å². The molecule has 0 saturated carbocycles. The third kappa shape index (κ3) is 5.93. The first-order valence-corrected chi connectivity index (χ1v) is 18.8. The van der Waals surface area contributed by atoms with Gasteiger partial charge in [-0.3, -0.25) is 4.57 Å². The van der Waals surface area contributed by atoms with Crippen LogP contribution in [-0.4, -0.2) is 112 Å². The fourth-order valence-electron chi connectivity index (χ4n) is 8.36. The number of hydrogen-bond acceptors (Lipinski definition) is 1. The number of rotatable bonds is 5. The van der Waals surface area contributed by atoms with Crippen LogP contribution in [0.1, 0.15) is 0 Å². The summed E-state index contributed by atoms with van der Waals surface area (Å²) in [6, 6.07) is 33.1. The largest absolute Gasteiger partial charge is 0.292 e. The van der Waals surface area contributed by atoms with Gasteiger partial charge in [-0.25, -0.2) is 4.98 Å². The van der Waals surface area contributed by atoms with Crippen molar-refractivity contribution in [2.75, 3.05) is 0 Å². The van der Waals surface area contributed by atoms with E-state index in [1.807, 2.05) is 91.0 Å². The van der Waals surface area contributed by atoms with Crippen LogP contribution in [0.2, 0.25) is 0 Å². The third-order valence-electron chi connectivity index (χ3n) is 11.5. The molecular weight excluding hydrogens is 709 g/mol. The minimum absolute atomic E-state index is 0.0943. The zero-order valence-corrected chi connectivity index (χ0v) is 32.2. The molecule has 0 unspecified atom stereocenters. The summed E-state index contributed by atoms with van der Waals surface area (Å²) in [5.74, 6) is 0.702. The Hall–Kier alpha value is -5.41. The van der Waals surface area contributed by atoms with Crippen molar-refractivity contribution in [2.45, 2.75) is 0 Å². The van der Waals surface area contributed by atoms with Gasteiger partial charge in [0.05, 0.1) is 11.0 Å². The van der Waals surface area contributed by atoms with E-state index in [9.17, 15) is 0 Å². The van der Waals surface area contributed by atoms with Gasteiger partial charge in [-0.05, 0) is 85.3 Å². The maximum atomic E-state index is 7.03. The molecule has 0 fully saturated rings. The molecular formula is C45H17B13N2. The van der Waals surface area contributed by atoms with Gasteiger partial charge in [0.25, 0.3) is 0 Å². The Kier molecular flexibility index (Phi) is 9.97. The van der Waals surface area contributed by atoms with Crippen LogP contribution < -0.4 is 71.0 Å². The lowest BCUT2D eigenvalue weighted by Crippen LogP contribution is -2.55. The van der Waals surface area contributed by atoms with Crippen molar-refractivity contribution in [3.05, 3.63) is 103 Å². The van der Waals surface area contributed by atoms with Crippen LogP contribution in [0.25, 0.3) is 83.0 Å². The first-order valence-electron chi connectivity index (χ1n) is 18.8. The standard InChI is InChI=1S/C45H17B13N2/c46-32-27(33(47)39(53)44(58)38(32)52)19-15-13-18(14-16-19)25-28-30(36(50)42(56)40(54)34(28)48)26(31-29(25)35(49)41(55)43(57)37(31)51)20-7-6-8-21(17-20)45-59-23-11-4-5-12-24(23)60(45)22-9-2-1-3-10-22/h1-17H. The Morgan fingerprint density at radius 1 is 0.317 bits per heavy atom. The summed E-state index contributed by atoms with van der Waals surface area (Å²) in [5.41, 5.74) is 8.75. The van der Waals surface area contributed by atoms with Crippen molar-refractivity contribution in [2.24, 2.45) is 0 Å². The van der Waals surface area contributed by atoms with E-state index in [1.54, 1.807) is 12.1 Å². The van der Waals surface area contributed by atoms with Gasteiger partial charge in [0.15, 0.2) is 0 Å². The van der Waals surface area contributed by atoms with Crippen molar-refractivity contribution in [1.82, 2.24) is 9.55 Å². The zero-order valence-electron chi connectivity index (χ0n) is 32.2. The molecule has 8 aromatic carbocycles. The van der Waals surface area contributed by atoms with E-state index in [0.29, 0.717) is 60.8 Å². The molecule has 246 valence electrons. The van der Waals surface area contributed by atoms with Gasteiger partial charge in [0.2, 0.25) is 0 Å². The van der Waals surface area contributed by atoms with E-state index < -0.39 is 0 Å². The third-order valence-corrected chi connectivity index (χ3v) is 11.5. The Morgan fingerprint density at radius 3 is 1.23 bits per heavy atom. The van der Waals surface area contributed by atoms with Crippen LogP contribution in [0.5, 0.6) is 0 Å². The molecule has 0 aliphatic carbocycles. The van der Waals surface area contributed by atoms with E-state index in [2.05, 4.69) is 4.57 Å². The first-order chi connectivity index (χ1) is 28.7. The number of imidazole rings is 1. The van der Waals surface area contributed by atoms with Crippen molar-refractivity contribution in [1.29, 1.82) is 0 Å². The molecule has 0 amide bonds. The second-order valence-electron chi connectivity index (χ2n) is 14.8. The number of fused-ring (bicyclic) bond motifs is 3. The van der Waals surface area contributed by atoms with Crippen LogP contribution >= 0.6 is 0 Å². The number of nitrogens with zero attached hydrogens (tertiary/aromatic N) is 2. The Balaban J connectivity index is 1.39. The molecule has 9 aromatic rings. The molecule has 0 spiro atoms. The molecule has 2 nitrogen and oxygen atoms in total. The Morgan fingerprint density at radius 2 is 0.717 bits per heavy atom. The van der Waals surface area contributed by atoms with Crippen molar-refractivity contribution < 1.29 is 0 Å². The van der Waals surface area contributed by atoms with E-state index in [-0.39, 0.29) is 71.0 Å². The van der Waals surface area contributed by atoms with E-state index >= 15 is 0 Å². The maximum Gasteiger partial charge on any atom is 0.145 e. The molecule has 0 saturated heterocycles. The minimum Gasteiger partial charge on any atom is -0.292 e. The summed E-state index contributed by atoms with van der Waals surface area (Å²) in [5, 5.41) is 1.88. The van der Waals surface area contributed by atoms with Gasteiger partial charge in [0.1, 0.15) is 108 Å². The Bertz CT molecular complexity index is 3180. The normalized spacial score (nSPS) is 11.5. The van der Waals surface area contributed by atoms with Crippen LogP contribution in [0.15, 0.2) is 103 Å². The summed E-state index contributed by atoms with van der Waals surface area (Å²) >= 11 is 0. The zero-order chi connectivity index (χ0) is 42.5. The van der Waals surface area contributed by atoms with Gasteiger partial charge in [-0.15, -0.1) is 38.2 Å². The lowest BCUT2D eigenvalue weighted by atomic mass is 9.59. The van der Waals surface area contributed by atoms with Crippen molar-refractivity contribution in [3.8, 4) is 50.5 Å². The highest BCUT2D eigenvalue weighted by atomic mass is 15.1. The number of benzene rings is 8. The lowest BCUT2D eigenvalue weighted by Gasteiger charge is -2.29. The van der Waals surface area contributed by atoms with Crippen LogP contribution in [0.4, 0.5) is 0 Å². The average molecular weight is 726 g/mol. The van der Waals surface area contributed by atoms with Gasteiger partial charge in [-0.1, -0.05) is 106 Å². The molecule has 0 atom stereocenters. The number of para-hydroxylation sites is 3. The monoisotopic (exact) mass is 728 g/mol. The predicted molar refractivity (Wildman–Crippen MR) is 268 cm³/mol. The molecule has 1 heterocycles. The Labute approximate surface area is 366 Å². The summed E-state index contributed by atoms with van der Waals surface area (Å²) < 4.78 is 2.11. The number of aromatic nitrogens is 2. The molecule has 0 aliphatic heterocycles. The van der Waals surface area contributed by atoms with Crippen LogP contribution in [0.3, 0.4) is 0 Å². The second-order valence-corrected chi connectivity index (χ2v) is 14.8. The lowest BCUT2D eigenvalue weighted by molar-refractivity contribution is 1.10. The van der Waals surface area contributed by atoms with Crippen LogP contribution in [0, 0.1) is 0 Å². The van der Waals surface area contributed by atoms with Gasteiger partial charge < -0.3 is 0 Å². The summed E-state index contributed by atoms with van der Waals surface area (Å²) in [6.07, 6.45) is 0. The maximum absolute atomic E-state index is 7.03. The van der Waals surface area contributed by atoms with Crippen molar-refractivity contribution >= 4 is 206 Å². The first kappa shape index (κ1) is 40.0. The van der Waals surface area contributed by atoms with Crippen LogP contribution in [-0.2, 0) is 0 Å². The molecule has 26 radical (unpaired) electrons. The predicted octanol–water partition coefficient (Wildman–Crippen LogP) is -3.68. The van der Waals surface area contributed by atoms with Gasteiger partial charge in [0, 0.05) is 11.3 Å². The summed E-state index contributed by atoms with van der Waals surface area (Å²) in [4.78, 5) is 5.11. The highest BCUT2D eigenvalue weighted by molar-refractivity contribution is 6.72. The van der Waals surface area contributed by atoms with E-state index in [0.717, 1.165) is 22.3 Å². The molecule has 0 aliphatic rings. The molecule has 1 aromatic heterocycles. The van der Waals surface area contributed by atoms with Gasteiger partial charge >= 0.3 is 0 Å². The SMILES string of the molecule is [B]c1c([B])c([B])c(-c2ccc(-c3c4c([B])c([B])c([B])c([B])c4c(-c4cccc(-c5nc6ccccc6n5-c5ccccc5)c4)c4c([B])c([B])c([B])c([B])c34)cc2)c([B])c1[B]. The van der Waals surface area contributed by atoms with Gasteiger partial charge in [-0.2, -0.15) is 0 Å². The summed E-state index contributed by atoms with van der Waals surface area (Å²) in [7, 11) is 86.0. The van der Waals surface area contributed by atoms with E-state index in [1.165, 1.54) is 0 Å². The minimum atomic E-state index is 0.0943. The molecule has 0 N–H and O–H groups in total. The molecule has 60 heavy (non-hydrogen) atoms. The van der Waals surface area contributed by atoms with Crippen molar-refractivity contribution in [3.63, 3.8) is 0 Å². The molecule has 15 heteroatoms. The fourth-order valence-corrected chi connectivity index (χ4v) is 8.36. The average Bonchev–Trinajstić information content (AvgIpc) is 3.67. The quantitative estimate of drug-likeness (QED) is 0.132. The topological polar surface area (TPSA) is 17.8 Å². The summed E-state index contributed by atoms with van der Waals surface area (Å²) in [6.45, 7) is 0. The molecule has 0 bridgehead atoms. The highest BCUT2D eigenvalue weighted by Gasteiger charge is 2.25. The smallest absolute Gasteiger partial charge is 0.145 e. The highest BCUT2D eigenvalue weighted by Crippen LogP contribution is 2.42. The second kappa shape index (κ2) is 14.9. The fraction of sp³-hybridized carbons (Fsp3) is 0.